The number of likely N-dealkylation sites (N-methyl/N-ethyl adjacent to an activating group) is 1. The van der Waals surface area contributed by atoms with Gasteiger partial charge in [0.05, 0.1) is 5.69 Å². The minimum absolute atomic E-state index is 0.114. The first-order chi connectivity index (χ1) is 8.06. The lowest BCUT2D eigenvalue weighted by atomic mass is 10.2. The van der Waals surface area contributed by atoms with Crippen molar-refractivity contribution in [1.82, 2.24) is 4.90 Å². The summed E-state index contributed by atoms with van der Waals surface area (Å²) in [5.41, 5.74) is 7.06. The molecule has 3 N–H and O–H groups in total. The second kappa shape index (κ2) is 6.44. The van der Waals surface area contributed by atoms with Crippen LogP contribution in [0.15, 0.2) is 18.2 Å². The second-order valence-electron chi connectivity index (χ2n) is 3.99. The van der Waals surface area contributed by atoms with Gasteiger partial charge >= 0.3 is 0 Å². The normalized spacial score (nSPS) is 11.4. The number of ether oxygens (including phenoxy) is 2. The van der Waals surface area contributed by atoms with Crippen molar-refractivity contribution in [3.63, 3.8) is 0 Å². The summed E-state index contributed by atoms with van der Waals surface area (Å²) in [5, 5.41) is 9.32. The van der Waals surface area contributed by atoms with Crippen LogP contribution in [0.4, 0.5) is 5.69 Å². The molecular formula is C12H20N2O3. The van der Waals surface area contributed by atoms with Gasteiger partial charge in [0, 0.05) is 27.3 Å². The Morgan fingerprint density at radius 2 is 2.00 bits per heavy atom. The highest BCUT2D eigenvalue weighted by molar-refractivity contribution is 5.53. The van der Waals surface area contributed by atoms with Crippen molar-refractivity contribution in [2.24, 2.45) is 0 Å². The summed E-state index contributed by atoms with van der Waals surface area (Å²) in [7, 11) is 5.19. The summed E-state index contributed by atoms with van der Waals surface area (Å²) >= 11 is 0. The zero-order valence-corrected chi connectivity index (χ0v) is 10.5. The number of hydrogen-bond donors (Lipinski definition) is 2. The van der Waals surface area contributed by atoms with Crippen LogP contribution in [0.25, 0.3) is 0 Å². The van der Waals surface area contributed by atoms with Gasteiger partial charge in [0.25, 0.3) is 0 Å². The van der Waals surface area contributed by atoms with E-state index in [4.69, 9.17) is 15.2 Å². The summed E-state index contributed by atoms with van der Waals surface area (Å²) in [5.74, 6) is 0.114. The Bertz CT molecular complexity index is 354. The van der Waals surface area contributed by atoms with Crippen LogP contribution in [0.5, 0.6) is 5.75 Å². The van der Waals surface area contributed by atoms with E-state index in [1.807, 2.05) is 13.1 Å². The summed E-state index contributed by atoms with van der Waals surface area (Å²) in [6.45, 7) is 1.38. The number of aromatic hydroxyl groups is 1. The molecule has 0 radical (unpaired) electrons. The van der Waals surface area contributed by atoms with Crippen LogP contribution in [0, 0.1) is 0 Å². The maximum Gasteiger partial charge on any atom is 0.169 e. The van der Waals surface area contributed by atoms with Gasteiger partial charge in [-0.3, -0.25) is 4.90 Å². The van der Waals surface area contributed by atoms with E-state index in [0.717, 1.165) is 5.56 Å². The molecule has 0 aliphatic heterocycles. The Balaban J connectivity index is 2.55. The molecular weight excluding hydrogens is 220 g/mol. The van der Waals surface area contributed by atoms with Crippen LogP contribution in [-0.2, 0) is 16.0 Å². The molecule has 0 amide bonds. The zero-order chi connectivity index (χ0) is 12.8. The van der Waals surface area contributed by atoms with E-state index in [1.165, 1.54) is 0 Å². The lowest BCUT2D eigenvalue weighted by molar-refractivity contribution is -0.114. The summed E-state index contributed by atoms with van der Waals surface area (Å²) in [6, 6.07) is 5.21. The highest BCUT2D eigenvalue weighted by Gasteiger charge is 2.10. The van der Waals surface area contributed by atoms with Crippen molar-refractivity contribution in [2.45, 2.75) is 12.8 Å². The third-order valence-corrected chi connectivity index (χ3v) is 2.53. The number of phenolic OH excluding ortho intramolecular Hbond substituents is 1. The second-order valence-corrected chi connectivity index (χ2v) is 3.99. The van der Waals surface area contributed by atoms with Crippen LogP contribution in [-0.4, -0.2) is 44.1 Å². The number of anilines is 1. The van der Waals surface area contributed by atoms with Crippen molar-refractivity contribution >= 4 is 5.69 Å². The van der Waals surface area contributed by atoms with E-state index >= 15 is 0 Å². The Labute approximate surface area is 102 Å². The average Bonchev–Trinajstić information content (AvgIpc) is 2.31. The number of nitrogens with two attached hydrogens (primary N) is 1. The molecule has 0 bridgehead atoms. The number of benzene rings is 1. The van der Waals surface area contributed by atoms with Gasteiger partial charge in [-0.1, -0.05) is 6.07 Å². The molecule has 0 aromatic heterocycles. The molecule has 0 aliphatic carbocycles. The Morgan fingerprint density at radius 3 is 2.53 bits per heavy atom. The Hall–Kier alpha value is -1.30. The van der Waals surface area contributed by atoms with Gasteiger partial charge in [0.1, 0.15) is 5.75 Å². The van der Waals surface area contributed by atoms with Crippen LogP contribution in [0.1, 0.15) is 5.56 Å². The maximum atomic E-state index is 9.32. The van der Waals surface area contributed by atoms with E-state index in [1.54, 1.807) is 26.4 Å². The first-order valence-corrected chi connectivity index (χ1v) is 5.38. The first-order valence-electron chi connectivity index (χ1n) is 5.38. The fraction of sp³-hybridized carbons (Fsp3) is 0.500. The number of nitrogen functional groups attached to an aromatic ring is 1. The lowest BCUT2D eigenvalue weighted by Crippen LogP contribution is -2.31. The van der Waals surface area contributed by atoms with E-state index in [9.17, 15) is 5.11 Å². The fourth-order valence-electron chi connectivity index (χ4n) is 1.58. The predicted molar refractivity (Wildman–Crippen MR) is 66.7 cm³/mol. The smallest absolute Gasteiger partial charge is 0.169 e. The monoisotopic (exact) mass is 240 g/mol. The van der Waals surface area contributed by atoms with Gasteiger partial charge < -0.3 is 20.3 Å². The zero-order valence-electron chi connectivity index (χ0n) is 10.5. The van der Waals surface area contributed by atoms with Crippen molar-refractivity contribution in [2.75, 3.05) is 33.5 Å². The number of methoxy groups -OCH3 is 2. The van der Waals surface area contributed by atoms with Crippen LogP contribution >= 0.6 is 0 Å². The number of phenols is 1. The molecule has 0 saturated carbocycles. The van der Waals surface area contributed by atoms with Gasteiger partial charge in [0.2, 0.25) is 0 Å². The molecule has 1 aromatic rings. The molecule has 0 heterocycles. The molecule has 0 fully saturated rings. The summed E-state index contributed by atoms with van der Waals surface area (Å²) < 4.78 is 10.2. The number of rotatable bonds is 6. The van der Waals surface area contributed by atoms with Crippen molar-refractivity contribution in [3.05, 3.63) is 23.8 Å². The lowest BCUT2D eigenvalue weighted by Gasteiger charge is -2.22. The molecule has 0 saturated heterocycles. The maximum absolute atomic E-state index is 9.32. The van der Waals surface area contributed by atoms with Crippen molar-refractivity contribution in [3.8, 4) is 5.75 Å². The SMILES string of the molecule is COC(CN(C)Cc1ccc(O)c(N)c1)OC. The van der Waals surface area contributed by atoms with E-state index in [0.29, 0.717) is 18.8 Å². The molecule has 0 atom stereocenters. The average molecular weight is 240 g/mol. The minimum atomic E-state index is -0.241. The quantitative estimate of drug-likeness (QED) is 0.441. The Morgan fingerprint density at radius 1 is 1.35 bits per heavy atom. The largest absolute Gasteiger partial charge is 0.506 e. The number of hydrogen-bond acceptors (Lipinski definition) is 5. The molecule has 0 unspecified atom stereocenters. The summed E-state index contributed by atoms with van der Waals surface area (Å²) in [4.78, 5) is 2.06. The van der Waals surface area contributed by atoms with Crippen molar-refractivity contribution < 1.29 is 14.6 Å². The molecule has 17 heavy (non-hydrogen) atoms. The molecule has 1 rings (SSSR count). The van der Waals surface area contributed by atoms with Crippen LogP contribution < -0.4 is 5.73 Å². The van der Waals surface area contributed by atoms with E-state index in [-0.39, 0.29) is 12.0 Å². The van der Waals surface area contributed by atoms with Gasteiger partial charge in [-0.15, -0.1) is 0 Å². The standard InChI is InChI=1S/C12H20N2O3/c1-14(8-12(16-2)17-3)7-9-4-5-11(15)10(13)6-9/h4-6,12,15H,7-8,13H2,1-3H3. The summed E-state index contributed by atoms with van der Waals surface area (Å²) in [6.07, 6.45) is -0.241. The molecule has 0 spiro atoms. The van der Waals surface area contributed by atoms with Crippen molar-refractivity contribution in [1.29, 1.82) is 0 Å². The van der Waals surface area contributed by atoms with Gasteiger partial charge in [0.15, 0.2) is 6.29 Å². The minimum Gasteiger partial charge on any atom is -0.506 e. The Kier molecular flexibility index (Phi) is 5.21. The highest BCUT2D eigenvalue weighted by Crippen LogP contribution is 2.21. The highest BCUT2D eigenvalue weighted by atomic mass is 16.7. The van der Waals surface area contributed by atoms with E-state index < -0.39 is 0 Å². The third kappa shape index (κ3) is 4.22. The first kappa shape index (κ1) is 13.8. The topological polar surface area (TPSA) is 68.0 Å². The van der Waals surface area contributed by atoms with Crippen LogP contribution in [0.3, 0.4) is 0 Å². The van der Waals surface area contributed by atoms with Gasteiger partial charge in [-0.25, -0.2) is 0 Å². The molecule has 5 nitrogen and oxygen atoms in total. The molecule has 5 heteroatoms. The van der Waals surface area contributed by atoms with Crippen LogP contribution in [0.2, 0.25) is 0 Å². The van der Waals surface area contributed by atoms with Gasteiger partial charge in [-0.2, -0.15) is 0 Å². The third-order valence-electron chi connectivity index (χ3n) is 2.53. The predicted octanol–water partition coefficient (Wildman–Crippen LogP) is 1.03. The van der Waals surface area contributed by atoms with Gasteiger partial charge in [-0.05, 0) is 24.7 Å². The molecule has 0 aliphatic rings. The molecule has 1 aromatic carbocycles. The fourth-order valence-corrected chi connectivity index (χ4v) is 1.58. The van der Waals surface area contributed by atoms with E-state index in [2.05, 4.69) is 4.90 Å². The number of nitrogens with zero attached hydrogens (tertiary/aromatic N) is 1. The molecule has 96 valence electrons.